The van der Waals surface area contributed by atoms with E-state index >= 15 is 0 Å². The molecular formula is C21H21NO4. The van der Waals surface area contributed by atoms with Crippen molar-refractivity contribution >= 4 is 11.7 Å². The van der Waals surface area contributed by atoms with Crippen LogP contribution in [0.25, 0.3) is 0 Å². The van der Waals surface area contributed by atoms with E-state index in [1.165, 1.54) is 0 Å². The summed E-state index contributed by atoms with van der Waals surface area (Å²) in [5, 5.41) is 12.9. The molecule has 3 atom stereocenters. The molecule has 2 aromatic carbocycles. The summed E-state index contributed by atoms with van der Waals surface area (Å²) < 4.78 is 10.8. The van der Waals surface area contributed by atoms with Gasteiger partial charge in [0.25, 0.3) is 0 Å². The second-order valence-corrected chi connectivity index (χ2v) is 6.70. The Balaban J connectivity index is 1.75. The van der Waals surface area contributed by atoms with Crippen molar-refractivity contribution in [2.24, 2.45) is 5.92 Å². The van der Waals surface area contributed by atoms with Gasteiger partial charge in [0.15, 0.2) is 11.5 Å². The van der Waals surface area contributed by atoms with Gasteiger partial charge in [-0.25, -0.2) is 4.79 Å². The fraction of sp³-hybridized carbons (Fsp3) is 0.286. The van der Waals surface area contributed by atoms with Crippen LogP contribution in [0.3, 0.4) is 0 Å². The van der Waals surface area contributed by atoms with Crippen LogP contribution in [0.15, 0.2) is 48.6 Å². The third kappa shape index (κ3) is 2.60. The Bertz CT molecular complexity index is 890. The van der Waals surface area contributed by atoms with Gasteiger partial charge in [-0.15, -0.1) is 0 Å². The normalized spacial score (nSPS) is 22.9. The van der Waals surface area contributed by atoms with Crippen molar-refractivity contribution < 1.29 is 19.4 Å². The number of rotatable bonds is 4. The minimum atomic E-state index is -0.895. The molecule has 0 bridgehead atoms. The molecule has 0 aromatic heterocycles. The summed E-state index contributed by atoms with van der Waals surface area (Å²) in [5.74, 6) is 1.07. The van der Waals surface area contributed by atoms with E-state index in [-0.39, 0.29) is 12.0 Å². The van der Waals surface area contributed by atoms with Crippen LogP contribution in [0.4, 0.5) is 5.69 Å². The zero-order chi connectivity index (χ0) is 18.3. The number of hydrogen-bond donors (Lipinski definition) is 2. The van der Waals surface area contributed by atoms with Gasteiger partial charge in [-0.05, 0) is 53.8 Å². The molecule has 1 aliphatic heterocycles. The van der Waals surface area contributed by atoms with Crippen molar-refractivity contribution in [2.45, 2.75) is 18.4 Å². The summed E-state index contributed by atoms with van der Waals surface area (Å²) in [6.07, 6.45) is 5.34. The first-order valence-electron chi connectivity index (χ1n) is 8.64. The molecule has 0 fully saturated rings. The van der Waals surface area contributed by atoms with Crippen LogP contribution in [0.2, 0.25) is 0 Å². The van der Waals surface area contributed by atoms with Gasteiger partial charge in [0.1, 0.15) is 0 Å². The third-order valence-corrected chi connectivity index (χ3v) is 5.38. The van der Waals surface area contributed by atoms with Crippen LogP contribution in [0.1, 0.15) is 39.9 Å². The molecule has 0 spiro atoms. The number of methoxy groups -OCH3 is 2. The fourth-order valence-electron chi connectivity index (χ4n) is 4.10. The number of ether oxygens (including phenoxy) is 2. The Morgan fingerprint density at radius 2 is 1.92 bits per heavy atom. The van der Waals surface area contributed by atoms with E-state index in [2.05, 4.69) is 23.5 Å². The number of carbonyl (C=O) groups is 1. The number of aromatic carboxylic acids is 1. The van der Waals surface area contributed by atoms with Gasteiger partial charge in [0, 0.05) is 11.6 Å². The van der Waals surface area contributed by atoms with Crippen LogP contribution in [0.5, 0.6) is 11.5 Å². The van der Waals surface area contributed by atoms with Crippen LogP contribution < -0.4 is 14.8 Å². The maximum Gasteiger partial charge on any atom is 0.335 e. The van der Waals surface area contributed by atoms with E-state index in [1.807, 2.05) is 18.2 Å². The lowest BCUT2D eigenvalue weighted by Crippen LogP contribution is -2.29. The van der Waals surface area contributed by atoms with Crippen molar-refractivity contribution in [3.63, 3.8) is 0 Å². The number of benzene rings is 2. The van der Waals surface area contributed by atoms with Gasteiger partial charge in [0.05, 0.1) is 25.8 Å². The Labute approximate surface area is 152 Å². The molecule has 0 saturated carbocycles. The maximum atomic E-state index is 11.3. The van der Waals surface area contributed by atoms with E-state index in [0.717, 1.165) is 23.2 Å². The Morgan fingerprint density at radius 1 is 1.12 bits per heavy atom. The number of nitrogens with one attached hydrogen (secondary N) is 1. The van der Waals surface area contributed by atoms with Gasteiger partial charge < -0.3 is 19.9 Å². The van der Waals surface area contributed by atoms with E-state index in [9.17, 15) is 9.90 Å². The third-order valence-electron chi connectivity index (χ3n) is 5.38. The predicted octanol–water partition coefficient (Wildman–Crippen LogP) is 4.23. The maximum absolute atomic E-state index is 11.3. The van der Waals surface area contributed by atoms with Gasteiger partial charge in [-0.2, -0.15) is 0 Å². The lowest BCUT2D eigenvalue weighted by atomic mass is 9.76. The van der Waals surface area contributed by atoms with E-state index in [4.69, 9.17) is 9.47 Å². The highest BCUT2D eigenvalue weighted by atomic mass is 16.5. The van der Waals surface area contributed by atoms with E-state index in [1.54, 1.807) is 26.4 Å². The molecule has 1 aliphatic carbocycles. The zero-order valence-corrected chi connectivity index (χ0v) is 14.7. The molecule has 3 unspecified atom stereocenters. The van der Waals surface area contributed by atoms with Gasteiger partial charge >= 0.3 is 5.97 Å². The quantitative estimate of drug-likeness (QED) is 0.807. The minimum absolute atomic E-state index is 0.123. The number of carboxylic acids is 1. The SMILES string of the molecule is COc1ccc(C2Nc3ccc(C(=O)O)cc3C3C=CCC32)cc1OC. The van der Waals surface area contributed by atoms with Crippen molar-refractivity contribution in [1.82, 2.24) is 0 Å². The molecule has 0 amide bonds. The second kappa shape index (κ2) is 6.41. The Hall–Kier alpha value is -2.95. The van der Waals surface area contributed by atoms with Crippen molar-refractivity contribution in [3.8, 4) is 11.5 Å². The van der Waals surface area contributed by atoms with Crippen molar-refractivity contribution in [3.05, 3.63) is 65.2 Å². The fourth-order valence-corrected chi connectivity index (χ4v) is 4.10. The van der Waals surface area contributed by atoms with Crippen LogP contribution in [-0.4, -0.2) is 25.3 Å². The summed E-state index contributed by atoms with van der Waals surface area (Å²) >= 11 is 0. The van der Waals surface area contributed by atoms with E-state index < -0.39 is 5.97 Å². The summed E-state index contributed by atoms with van der Waals surface area (Å²) in [6, 6.07) is 11.4. The standard InChI is InChI=1S/C21H21NO4/c1-25-18-9-7-12(11-19(18)26-2)20-15-5-3-4-14(15)16-10-13(21(23)24)6-8-17(16)22-20/h3-4,6-11,14-15,20,22H,5H2,1-2H3,(H,23,24). The number of anilines is 1. The Morgan fingerprint density at radius 3 is 2.65 bits per heavy atom. The molecule has 0 radical (unpaired) electrons. The average Bonchev–Trinajstić information content (AvgIpc) is 3.16. The predicted molar refractivity (Wildman–Crippen MR) is 99.3 cm³/mol. The number of fused-ring (bicyclic) bond motifs is 3. The molecule has 5 nitrogen and oxygen atoms in total. The van der Waals surface area contributed by atoms with Gasteiger partial charge in [-0.1, -0.05) is 18.2 Å². The summed E-state index contributed by atoms with van der Waals surface area (Å²) in [6.45, 7) is 0. The molecule has 2 aliphatic rings. The number of carboxylic acid groups (broad SMARTS) is 1. The highest BCUT2D eigenvalue weighted by molar-refractivity contribution is 5.89. The first-order chi connectivity index (χ1) is 12.6. The highest BCUT2D eigenvalue weighted by Gasteiger charge is 2.38. The molecule has 26 heavy (non-hydrogen) atoms. The largest absolute Gasteiger partial charge is 0.493 e. The van der Waals surface area contributed by atoms with Crippen molar-refractivity contribution in [1.29, 1.82) is 0 Å². The Kier molecular flexibility index (Phi) is 4.07. The molecule has 0 saturated heterocycles. The van der Waals surface area contributed by atoms with Crippen LogP contribution in [-0.2, 0) is 0 Å². The van der Waals surface area contributed by atoms with Crippen LogP contribution >= 0.6 is 0 Å². The topological polar surface area (TPSA) is 67.8 Å². The average molecular weight is 351 g/mol. The summed E-state index contributed by atoms with van der Waals surface area (Å²) in [7, 11) is 3.27. The molecule has 4 rings (SSSR count). The molecular weight excluding hydrogens is 330 g/mol. The minimum Gasteiger partial charge on any atom is -0.493 e. The summed E-state index contributed by atoms with van der Waals surface area (Å²) in [4.78, 5) is 11.3. The monoisotopic (exact) mass is 351 g/mol. The number of allylic oxidation sites excluding steroid dienone is 2. The number of hydrogen-bond acceptors (Lipinski definition) is 4. The van der Waals surface area contributed by atoms with Crippen molar-refractivity contribution in [2.75, 3.05) is 19.5 Å². The second-order valence-electron chi connectivity index (χ2n) is 6.70. The molecule has 2 aromatic rings. The van der Waals surface area contributed by atoms with Crippen LogP contribution in [0, 0.1) is 5.92 Å². The molecule has 1 heterocycles. The summed E-state index contributed by atoms with van der Waals surface area (Å²) in [5.41, 5.74) is 3.51. The lowest BCUT2D eigenvalue weighted by molar-refractivity contribution is 0.0696. The first-order valence-corrected chi connectivity index (χ1v) is 8.64. The smallest absolute Gasteiger partial charge is 0.335 e. The first kappa shape index (κ1) is 16.5. The van der Waals surface area contributed by atoms with E-state index in [0.29, 0.717) is 23.0 Å². The zero-order valence-electron chi connectivity index (χ0n) is 14.7. The van der Waals surface area contributed by atoms with Gasteiger partial charge in [-0.3, -0.25) is 0 Å². The highest BCUT2D eigenvalue weighted by Crippen LogP contribution is 2.50. The molecule has 134 valence electrons. The van der Waals surface area contributed by atoms with Gasteiger partial charge in [0.2, 0.25) is 0 Å². The lowest BCUT2D eigenvalue weighted by Gasteiger charge is -2.37. The molecule has 2 N–H and O–H groups in total. The molecule has 5 heteroatoms.